The monoisotopic (exact) mass is 278 g/mol. The summed E-state index contributed by atoms with van der Waals surface area (Å²) in [4.78, 5) is 16.4. The van der Waals surface area contributed by atoms with Crippen molar-refractivity contribution in [1.29, 1.82) is 0 Å². The number of hydrogen-bond acceptors (Lipinski definition) is 3. The lowest BCUT2D eigenvalue weighted by atomic mass is 10.2. The fourth-order valence-corrected chi connectivity index (χ4v) is 2.31. The standard InChI is InChI=1S/C16H26N2O2/c1-4-10-17(11-12-19)13-16(20)18(14(2)3)15-8-6-5-7-9-15/h5-9,14,19H,4,10-13H2,1-3H3. The molecule has 20 heavy (non-hydrogen) atoms. The number of anilines is 1. The molecule has 0 aromatic heterocycles. The number of rotatable bonds is 8. The molecule has 4 nitrogen and oxygen atoms in total. The fourth-order valence-electron chi connectivity index (χ4n) is 2.31. The number of benzene rings is 1. The number of aliphatic hydroxyl groups is 1. The summed E-state index contributed by atoms with van der Waals surface area (Å²) in [5, 5.41) is 9.07. The number of amides is 1. The van der Waals surface area contributed by atoms with Crippen molar-refractivity contribution < 1.29 is 9.90 Å². The minimum atomic E-state index is 0.0769. The van der Waals surface area contributed by atoms with Crippen molar-refractivity contribution in [2.24, 2.45) is 0 Å². The molecule has 0 heterocycles. The predicted molar refractivity (Wildman–Crippen MR) is 82.9 cm³/mol. The van der Waals surface area contributed by atoms with E-state index in [1.54, 1.807) is 0 Å². The molecule has 112 valence electrons. The highest BCUT2D eigenvalue weighted by molar-refractivity contribution is 5.95. The first-order chi connectivity index (χ1) is 9.60. The summed E-state index contributed by atoms with van der Waals surface area (Å²) < 4.78 is 0. The van der Waals surface area contributed by atoms with Crippen LogP contribution in [0.4, 0.5) is 5.69 Å². The Hall–Kier alpha value is -1.39. The largest absolute Gasteiger partial charge is 0.395 e. The van der Waals surface area contributed by atoms with Gasteiger partial charge in [0.15, 0.2) is 0 Å². The molecular weight excluding hydrogens is 252 g/mol. The summed E-state index contributed by atoms with van der Waals surface area (Å²) in [5.74, 6) is 0.0769. The smallest absolute Gasteiger partial charge is 0.241 e. The van der Waals surface area contributed by atoms with Gasteiger partial charge in [0.1, 0.15) is 0 Å². The van der Waals surface area contributed by atoms with Gasteiger partial charge in [0, 0.05) is 18.3 Å². The molecule has 1 aromatic carbocycles. The van der Waals surface area contributed by atoms with Gasteiger partial charge in [-0.1, -0.05) is 25.1 Å². The second kappa shape index (κ2) is 8.72. The third kappa shape index (κ3) is 4.94. The summed E-state index contributed by atoms with van der Waals surface area (Å²) in [6, 6.07) is 9.84. The molecule has 0 spiro atoms. The summed E-state index contributed by atoms with van der Waals surface area (Å²) in [6.07, 6.45) is 0.973. The van der Waals surface area contributed by atoms with Crippen LogP contribution in [0, 0.1) is 0 Å². The molecule has 0 atom stereocenters. The highest BCUT2D eigenvalue weighted by atomic mass is 16.3. The van der Waals surface area contributed by atoms with E-state index in [0.717, 1.165) is 18.7 Å². The molecule has 0 aliphatic heterocycles. The van der Waals surface area contributed by atoms with Crippen LogP contribution >= 0.6 is 0 Å². The molecule has 1 N–H and O–H groups in total. The van der Waals surface area contributed by atoms with Crippen LogP contribution in [0.1, 0.15) is 27.2 Å². The number of carbonyl (C=O) groups excluding carboxylic acids is 1. The van der Waals surface area contributed by atoms with E-state index in [0.29, 0.717) is 13.1 Å². The molecule has 4 heteroatoms. The van der Waals surface area contributed by atoms with Crippen LogP contribution in [0.3, 0.4) is 0 Å². The van der Waals surface area contributed by atoms with E-state index in [1.165, 1.54) is 0 Å². The molecule has 1 aromatic rings. The van der Waals surface area contributed by atoms with Crippen molar-refractivity contribution in [2.45, 2.75) is 33.2 Å². The van der Waals surface area contributed by atoms with Gasteiger partial charge in [-0.05, 0) is 38.9 Å². The van der Waals surface area contributed by atoms with Crippen LogP contribution in [-0.4, -0.2) is 48.2 Å². The van der Waals surface area contributed by atoms with E-state index < -0.39 is 0 Å². The third-order valence-electron chi connectivity index (χ3n) is 3.13. The lowest BCUT2D eigenvalue weighted by Crippen LogP contribution is -2.44. The van der Waals surface area contributed by atoms with Crippen LogP contribution in [-0.2, 0) is 4.79 Å². The normalized spacial score (nSPS) is 11.1. The molecule has 0 saturated carbocycles. The molecule has 1 rings (SSSR count). The Labute approximate surface area is 122 Å². The zero-order valence-electron chi connectivity index (χ0n) is 12.7. The number of para-hydroxylation sites is 1. The second-order valence-electron chi connectivity index (χ2n) is 5.19. The number of nitrogens with zero attached hydrogens (tertiary/aromatic N) is 2. The van der Waals surface area contributed by atoms with E-state index >= 15 is 0 Å². The van der Waals surface area contributed by atoms with Gasteiger partial charge in [0.2, 0.25) is 5.91 Å². The van der Waals surface area contributed by atoms with Crippen molar-refractivity contribution in [3.63, 3.8) is 0 Å². The van der Waals surface area contributed by atoms with Crippen molar-refractivity contribution >= 4 is 11.6 Å². The van der Waals surface area contributed by atoms with E-state index in [4.69, 9.17) is 5.11 Å². The van der Waals surface area contributed by atoms with Crippen molar-refractivity contribution in [3.8, 4) is 0 Å². The van der Waals surface area contributed by atoms with E-state index in [-0.39, 0.29) is 18.6 Å². The molecule has 0 saturated heterocycles. The average Bonchev–Trinajstić information content (AvgIpc) is 2.40. The lowest BCUT2D eigenvalue weighted by molar-refractivity contribution is -0.120. The highest BCUT2D eigenvalue weighted by Gasteiger charge is 2.20. The average molecular weight is 278 g/mol. The summed E-state index contributed by atoms with van der Waals surface area (Å²) >= 11 is 0. The Morgan fingerprint density at radius 2 is 1.85 bits per heavy atom. The van der Waals surface area contributed by atoms with Gasteiger partial charge < -0.3 is 10.0 Å². The topological polar surface area (TPSA) is 43.8 Å². The minimum Gasteiger partial charge on any atom is -0.395 e. The lowest BCUT2D eigenvalue weighted by Gasteiger charge is -2.30. The van der Waals surface area contributed by atoms with Gasteiger partial charge in [-0.2, -0.15) is 0 Å². The molecule has 0 unspecified atom stereocenters. The Morgan fingerprint density at radius 1 is 1.20 bits per heavy atom. The van der Waals surface area contributed by atoms with Gasteiger partial charge in [-0.15, -0.1) is 0 Å². The molecule has 0 radical (unpaired) electrons. The first-order valence-electron chi connectivity index (χ1n) is 7.30. The molecule has 0 aliphatic rings. The molecular formula is C16H26N2O2. The Morgan fingerprint density at radius 3 is 2.35 bits per heavy atom. The van der Waals surface area contributed by atoms with Gasteiger partial charge in [-0.25, -0.2) is 0 Å². The Bertz CT molecular complexity index is 387. The predicted octanol–water partition coefficient (Wildman–Crippen LogP) is 2.13. The summed E-state index contributed by atoms with van der Waals surface area (Å²) in [7, 11) is 0. The summed E-state index contributed by atoms with van der Waals surface area (Å²) in [6.45, 7) is 7.91. The third-order valence-corrected chi connectivity index (χ3v) is 3.13. The SMILES string of the molecule is CCCN(CCO)CC(=O)N(c1ccccc1)C(C)C. The maximum atomic E-state index is 12.5. The molecule has 0 bridgehead atoms. The van der Waals surface area contributed by atoms with E-state index in [1.807, 2.05) is 54.0 Å². The first-order valence-corrected chi connectivity index (χ1v) is 7.30. The molecule has 0 aliphatic carbocycles. The van der Waals surface area contributed by atoms with E-state index in [2.05, 4.69) is 6.92 Å². The summed E-state index contributed by atoms with van der Waals surface area (Å²) in [5.41, 5.74) is 0.924. The van der Waals surface area contributed by atoms with E-state index in [9.17, 15) is 4.79 Å². The van der Waals surface area contributed by atoms with Crippen molar-refractivity contribution in [3.05, 3.63) is 30.3 Å². The zero-order chi connectivity index (χ0) is 15.0. The van der Waals surface area contributed by atoms with Gasteiger partial charge >= 0.3 is 0 Å². The quantitative estimate of drug-likeness (QED) is 0.792. The van der Waals surface area contributed by atoms with Gasteiger partial charge in [0.05, 0.1) is 13.2 Å². The van der Waals surface area contributed by atoms with Crippen molar-refractivity contribution in [2.75, 3.05) is 31.1 Å². The maximum Gasteiger partial charge on any atom is 0.241 e. The number of hydrogen-bond donors (Lipinski definition) is 1. The fraction of sp³-hybridized carbons (Fsp3) is 0.562. The molecule has 1 amide bonds. The highest BCUT2D eigenvalue weighted by Crippen LogP contribution is 2.17. The number of carbonyl (C=O) groups is 1. The maximum absolute atomic E-state index is 12.5. The molecule has 0 fully saturated rings. The van der Waals surface area contributed by atoms with Gasteiger partial charge in [0.25, 0.3) is 0 Å². The van der Waals surface area contributed by atoms with Crippen molar-refractivity contribution in [1.82, 2.24) is 4.90 Å². The van der Waals surface area contributed by atoms with Crippen LogP contribution in [0.15, 0.2) is 30.3 Å². The van der Waals surface area contributed by atoms with Crippen LogP contribution < -0.4 is 4.90 Å². The second-order valence-corrected chi connectivity index (χ2v) is 5.19. The Kier molecular flexibility index (Phi) is 7.26. The minimum absolute atomic E-state index is 0.0769. The Balaban J connectivity index is 2.79. The van der Waals surface area contributed by atoms with Gasteiger partial charge in [-0.3, -0.25) is 9.69 Å². The van der Waals surface area contributed by atoms with Crippen LogP contribution in [0.5, 0.6) is 0 Å². The van der Waals surface area contributed by atoms with Crippen LogP contribution in [0.25, 0.3) is 0 Å². The number of aliphatic hydroxyl groups excluding tert-OH is 1. The zero-order valence-corrected chi connectivity index (χ0v) is 12.7. The first kappa shape index (κ1) is 16.7. The van der Waals surface area contributed by atoms with Crippen LogP contribution in [0.2, 0.25) is 0 Å².